The Balaban J connectivity index is 2.08. The Morgan fingerprint density at radius 3 is 2.39 bits per heavy atom. The average molecular weight is 314 g/mol. The van der Waals surface area contributed by atoms with Gasteiger partial charge in [0.25, 0.3) is 0 Å². The molecule has 2 aromatic carbocycles. The lowest BCUT2D eigenvalue weighted by atomic mass is 9.86. The Labute approximate surface area is 132 Å². The number of rotatable bonds is 0. The molecule has 0 amide bonds. The van der Waals surface area contributed by atoms with Crippen LogP contribution in [0.25, 0.3) is 11.6 Å². The molecule has 118 valence electrons. The molecule has 0 bridgehead atoms. The van der Waals surface area contributed by atoms with E-state index in [4.69, 9.17) is 0 Å². The summed E-state index contributed by atoms with van der Waals surface area (Å²) < 4.78 is 38.7. The van der Waals surface area contributed by atoms with E-state index in [0.717, 1.165) is 36.1 Å². The van der Waals surface area contributed by atoms with Crippen LogP contribution < -0.4 is 10.4 Å². The predicted octanol–water partition coefficient (Wildman–Crippen LogP) is 3.84. The minimum Gasteiger partial charge on any atom is -0.166 e. The maximum Gasteiger partial charge on any atom is 0.416 e. The fourth-order valence-corrected chi connectivity index (χ4v) is 3.89. The van der Waals surface area contributed by atoms with Crippen molar-refractivity contribution in [3.63, 3.8) is 0 Å². The summed E-state index contributed by atoms with van der Waals surface area (Å²) in [7, 11) is 0. The molecule has 0 radical (unpaired) electrons. The van der Waals surface area contributed by atoms with Gasteiger partial charge in [-0.15, -0.1) is 0 Å². The molecule has 0 aliphatic heterocycles. The van der Waals surface area contributed by atoms with Gasteiger partial charge in [-0.2, -0.15) is 13.2 Å². The molecule has 2 aliphatic rings. The Morgan fingerprint density at radius 1 is 0.870 bits per heavy atom. The molecule has 0 N–H and O–H groups in total. The maximum absolute atomic E-state index is 12.9. The first kappa shape index (κ1) is 14.6. The number of hydrogen-bond acceptors (Lipinski definition) is 0. The summed E-state index contributed by atoms with van der Waals surface area (Å²) in [4.78, 5) is 0. The molecule has 23 heavy (non-hydrogen) atoms. The highest BCUT2D eigenvalue weighted by Crippen LogP contribution is 2.28. The zero-order valence-corrected chi connectivity index (χ0v) is 12.9. The molecule has 0 fully saturated rings. The minimum absolute atomic E-state index is 0.571. The summed E-state index contributed by atoms with van der Waals surface area (Å²) in [5, 5.41) is 4.07. The van der Waals surface area contributed by atoms with Crippen molar-refractivity contribution in [3.8, 4) is 0 Å². The van der Waals surface area contributed by atoms with Crippen molar-refractivity contribution in [2.75, 3.05) is 0 Å². The number of alkyl halides is 3. The van der Waals surface area contributed by atoms with Crippen LogP contribution in [0.3, 0.4) is 0 Å². The molecule has 2 aliphatic carbocycles. The Kier molecular flexibility index (Phi) is 3.15. The molecule has 3 heteroatoms. The highest BCUT2D eigenvalue weighted by Gasteiger charge is 2.30. The van der Waals surface area contributed by atoms with Crippen molar-refractivity contribution in [1.82, 2.24) is 0 Å². The van der Waals surface area contributed by atoms with Crippen molar-refractivity contribution in [2.45, 2.75) is 38.8 Å². The molecule has 0 aromatic heterocycles. The van der Waals surface area contributed by atoms with Crippen LogP contribution in [0.2, 0.25) is 0 Å². The molecule has 0 heterocycles. The van der Waals surface area contributed by atoms with E-state index < -0.39 is 11.7 Å². The van der Waals surface area contributed by atoms with Gasteiger partial charge in [-0.25, -0.2) is 0 Å². The van der Waals surface area contributed by atoms with Crippen LogP contribution in [0.4, 0.5) is 13.2 Å². The molecular weight excluding hydrogens is 297 g/mol. The van der Waals surface area contributed by atoms with E-state index in [1.54, 1.807) is 6.07 Å². The second kappa shape index (κ2) is 4.98. The van der Waals surface area contributed by atoms with E-state index in [1.807, 2.05) is 6.08 Å². The summed E-state index contributed by atoms with van der Waals surface area (Å²) in [6, 6.07) is 8.32. The van der Waals surface area contributed by atoms with Gasteiger partial charge in [-0.3, -0.25) is 0 Å². The molecule has 0 spiro atoms. The molecule has 2 aromatic rings. The molecule has 4 rings (SSSR count). The minimum atomic E-state index is -4.29. The number of fused-ring (bicyclic) bond motifs is 4. The standard InChI is InChI=1S/C20H17F3/c1-12-3-2-4-17-15(12)9-10-18-16-8-6-14(20(21,22)23)11-13(16)5-7-19(17)18/h5-6,8-11H,2-4,7H2,1H3. The topological polar surface area (TPSA) is 0 Å². The third kappa shape index (κ3) is 2.30. The highest BCUT2D eigenvalue weighted by atomic mass is 19.4. The quantitative estimate of drug-likeness (QED) is 0.693. The second-order valence-electron chi connectivity index (χ2n) is 6.46. The number of hydrogen-bond donors (Lipinski definition) is 0. The molecule has 0 nitrogen and oxygen atoms in total. The van der Waals surface area contributed by atoms with Crippen LogP contribution in [-0.4, -0.2) is 0 Å². The summed E-state index contributed by atoms with van der Waals surface area (Å²) >= 11 is 0. The zero-order valence-electron chi connectivity index (χ0n) is 12.9. The first-order valence-electron chi connectivity index (χ1n) is 7.97. The molecular formula is C20H17F3. The van der Waals surface area contributed by atoms with Crippen LogP contribution in [0.15, 0.2) is 30.3 Å². The summed E-state index contributed by atoms with van der Waals surface area (Å²) in [5.41, 5.74) is 3.55. The van der Waals surface area contributed by atoms with Gasteiger partial charge in [-0.1, -0.05) is 29.8 Å². The molecule has 0 saturated heterocycles. The van der Waals surface area contributed by atoms with E-state index in [-0.39, 0.29) is 0 Å². The summed E-state index contributed by atoms with van der Waals surface area (Å²) in [6.45, 7) is 2.18. The lowest BCUT2D eigenvalue weighted by molar-refractivity contribution is -0.137. The van der Waals surface area contributed by atoms with Crippen LogP contribution >= 0.6 is 0 Å². The van der Waals surface area contributed by atoms with E-state index >= 15 is 0 Å². The molecule has 0 saturated carbocycles. The SMILES string of the molecule is CC1=c2ccc3c(c2CCC1)CC=c1cc(C(F)(F)F)ccc1=3. The fourth-order valence-electron chi connectivity index (χ4n) is 3.89. The van der Waals surface area contributed by atoms with Crippen molar-refractivity contribution >= 4 is 11.6 Å². The second-order valence-corrected chi connectivity index (χ2v) is 6.46. The summed E-state index contributed by atoms with van der Waals surface area (Å²) in [6.07, 6.45) is 1.75. The van der Waals surface area contributed by atoms with Crippen molar-refractivity contribution in [2.24, 2.45) is 0 Å². The van der Waals surface area contributed by atoms with E-state index in [0.29, 0.717) is 5.22 Å². The summed E-state index contributed by atoms with van der Waals surface area (Å²) in [5.74, 6) is 0. The van der Waals surface area contributed by atoms with Crippen molar-refractivity contribution < 1.29 is 13.2 Å². The van der Waals surface area contributed by atoms with Crippen LogP contribution in [0.5, 0.6) is 0 Å². The molecule has 0 unspecified atom stereocenters. The Morgan fingerprint density at radius 2 is 1.61 bits per heavy atom. The van der Waals surface area contributed by atoms with Gasteiger partial charge < -0.3 is 0 Å². The van der Waals surface area contributed by atoms with Gasteiger partial charge in [0.05, 0.1) is 5.56 Å². The van der Waals surface area contributed by atoms with Crippen LogP contribution in [-0.2, 0) is 19.0 Å². The fraction of sp³-hybridized carbons (Fsp3) is 0.300. The first-order chi connectivity index (χ1) is 10.9. The number of benzene rings is 2. The van der Waals surface area contributed by atoms with Gasteiger partial charge >= 0.3 is 6.18 Å². The van der Waals surface area contributed by atoms with E-state index in [1.165, 1.54) is 34.1 Å². The van der Waals surface area contributed by atoms with Gasteiger partial charge in [0.2, 0.25) is 0 Å². The smallest absolute Gasteiger partial charge is 0.166 e. The largest absolute Gasteiger partial charge is 0.416 e. The van der Waals surface area contributed by atoms with Crippen LogP contribution in [0.1, 0.15) is 36.5 Å². The Bertz CT molecular complexity index is 1010. The van der Waals surface area contributed by atoms with Gasteiger partial charge in [0, 0.05) is 0 Å². The third-order valence-corrected chi connectivity index (χ3v) is 5.06. The third-order valence-electron chi connectivity index (χ3n) is 5.06. The zero-order chi connectivity index (χ0) is 16.2. The monoisotopic (exact) mass is 314 g/mol. The van der Waals surface area contributed by atoms with Crippen molar-refractivity contribution in [3.05, 3.63) is 67.9 Å². The van der Waals surface area contributed by atoms with Gasteiger partial charge in [0.15, 0.2) is 0 Å². The maximum atomic E-state index is 12.9. The lowest BCUT2D eigenvalue weighted by Gasteiger charge is -2.19. The van der Waals surface area contributed by atoms with Gasteiger partial charge in [0.1, 0.15) is 0 Å². The average Bonchev–Trinajstić information content (AvgIpc) is 2.53. The normalized spacial score (nSPS) is 16.3. The van der Waals surface area contributed by atoms with Crippen molar-refractivity contribution in [1.29, 1.82) is 0 Å². The van der Waals surface area contributed by atoms with E-state index in [2.05, 4.69) is 19.1 Å². The number of halogens is 3. The van der Waals surface area contributed by atoms with E-state index in [9.17, 15) is 13.2 Å². The van der Waals surface area contributed by atoms with Gasteiger partial charge in [-0.05, 0) is 76.7 Å². The molecule has 0 atom stereocenters. The lowest BCUT2D eigenvalue weighted by Crippen LogP contribution is -2.22. The first-order valence-corrected chi connectivity index (χ1v) is 7.97. The highest BCUT2D eigenvalue weighted by molar-refractivity contribution is 5.52. The Hall–Kier alpha value is -2.03. The predicted molar refractivity (Wildman–Crippen MR) is 85.0 cm³/mol. The van der Waals surface area contributed by atoms with Crippen LogP contribution in [0, 0.1) is 10.4 Å².